The average molecular weight is 314 g/mol. The van der Waals surface area contributed by atoms with Crippen LogP contribution < -0.4 is 11.5 Å². The maximum absolute atomic E-state index is 12.4. The molecule has 2 rings (SSSR count). The van der Waals surface area contributed by atoms with Gasteiger partial charge in [0.2, 0.25) is 0 Å². The van der Waals surface area contributed by atoms with E-state index < -0.39 is 24.0 Å². The number of esters is 1. The normalized spacial score (nSPS) is 14.7. The largest absolute Gasteiger partial charge is 0.460 e. The molecule has 5 heteroatoms. The van der Waals surface area contributed by atoms with Crippen molar-refractivity contribution in [1.29, 1.82) is 0 Å². The number of hydrogen-bond donors (Lipinski definition) is 3. The van der Waals surface area contributed by atoms with Crippen LogP contribution >= 0.6 is 0 Å². The highest BCUT2D eigenvalue weighted by atomic mass is 16.5. The second kappa shape index (κ2) is 8.43. The van der Waals surface area contributed by atoms with Gasteiger partial charge < -0.3 is 21.3 Å². The van der Waals surface area contributed by atoms with Gasteiger partial charge in [-0.25, -0.2) is 0 Å². The van der Waals surface area contributed by atoms with Crippen molar-refractivity contribution in [1.82, 2.24) is 0 Å². The highest BCUT2D eigenvalue weighted by molar-refractivity contribution is 5.74. The predicted molar refractivity (Wildman–Crippen MR) is 88.2 cm³/mol. The molecule has 0 aliphatic heterocycles. The van der Waals surface area contributed by atoms with E-state index in [1.165, 1.54) is 0 Å². The SMILES string of the molecule is NCC(O)C(C(=O)OCc1ccccc1)C(N)c1ccccc1. The summed E-state index contributed by atoms with van der Waals surface area (Å²) < 4.78 is 5.32. The predicted octanol–water partition coefficient (Wildman–Crippen LogP) is 1.37. The lowest BCUT2D eigenvalue weighted by atomic mass is 9.89. The number of carbonyl (C=O) groups is 1. The Hall–Kier alpha value is -2.21. The quantitative estimate of drug-likeness (QED) is 0.670. The van der Waals surface area contributed by atoms with Gasteiger partial charge in [0.1, 0.15) is 12.5 Å². The number of aliphatic hydroxyl groups excluding tert-OH is 1. The molecule has 0 spiro atoms. The van der Waals surface area contributed by atoms with Gasteiger partial charge in [0, 0.05) is 12.6 Å². The van der Waals surface area contributed by atoms with E-state index in [1.54, 1.807) is 0 Å². The van der Waals surface area contributed by atoms with Crippen LogP contribution in [0.1, 0.15) is 17.2 Å². The molecular weight excluding hydrogens is 292 g/mol. The highest BCUT2D eigenvalue weighted by Crippen LogP contribution is 2.24. The molecule has 2 aromatic carbocycles. The maximum Gasteiger partial charge on any atom is 0.313 e. The molecule has 0 radical (unpaired) electrons. The van der Waals surface area contributed by atoms with Crippen molar-refractivity contribution in [2.75, 3.05) is 6.54 Å². The first-order valence-corrected chi connectivity index (χ1v) is 7.52. The van der Waals surface area contributed by atoms with E-state index in [2.05, 4.69) is 0 Å². The van der Waals surface area contributed by atoms with Crippen molar-refractivity contribution < 1.29 is 14.6 Å². The third-order valence-electron chi connectivity index (χ3n) is 3.72. The molecule has 0 bridgehead atoms. The van der Waals surface area contributed by atoms with E-state index in [0.29, 0.717) is 0 Å². The molecule has 5 nitrogen and oxygen atoms in total. The van der Waals surface area contributed by atoms with Crippen LogP contribution in [0.25, 0.3) is 0 Å². The van der Waals surface area contributed by atoms with Crippen LogP contribution in [-0.2, 0) is 16.1 Å². The number of hydrogen-bond acceptors (Lipinski definition) is 5. The summed E-state index contributed by atoms with van der Waals surface area (Å²) >= 11 is 0. The Balaban J connectivity index is 2.09. The summed E-state index contributed by atoms with van der Waals surface area (Å²) in [7, 11) is 0. The summed E-state index contributed by atoms with van der Waals surface area (Å²) in [5, 5.41) is 10.1. The number of benzene rings is 2. The minimum absolute atomic E-state index is 0.0639. The van der Waals surface area contributed by atoms with E-state index in [4.69, 9.17) is 16.2 Å². The summed E-state index contributed by atoms with van der Waals surface area (Å²) in [6, 6.07) is 17.8. The summed E-state index contributed by atoms with van der Waals surface area (Å²) in [4.78, 5) is 12.4. The molecule has 0 aromatic heterocycles. The summed E-state index contributed by atoms with van der Waals surface area (Å²) in [6.45, 7) is 0.0701. The maximum atomic E-state index is 12.4. The number of carbonyl (C=O) groups excluding carboxylic acids is 1. The monoisotopic (exact) mass is 314 g/mol. The Morgan fingerprint density at radius 1 is 1.04 bits per heavy atom. The fourth-order valence-electron chi connectivity index (χ4n) is 2.40. The molecule has 0 saturated heterocycles. The Kier molecular flexibility index (Phi) is 6.29. The van der Waals surface area contributed by atoms with E-state index in [1.807, 2.05) is 60.7 Å². The van der Waals surface area contributed by atoms with Gasteiger partial charge in [-0.2, -0.15) is 0 Å². The van der Waals surface area contributed by atoms with Crippen molar-refractivity contribution in [3.8, 4) is 0 Å². The zero-order valence-electron chi connectivity index (χ0n) is 12.8. The lowest BCUT2D eigenvalue weighted by molar-refractivity contribution is -0.155. The Morgan fingerprint density at radius 2 is 1.61 bits per heavy atom. The number of ether oxygens (including phenoxy) is 1. The van der Waals surface area contributed by atoms with Gasteiger partial charge in [-0.1, -0.05) is 60.7 Å². The van der Waals surface area contributed by atoms with E-state index in [9.17, 15) is 9.90 Å². The summed E-state index contributed by atoms with van der Waals surface area (Å²) in [5.74, 6) is -1.46. The van der Waals surface area contributed by atoms with Crippen molar-refractivity contribution in [3.05, 3.63) is 71.8 Å². The lowest BCUT2D eigenvalue weighted by Gasteiger charge is -2.26. The highest BCUT2D eigenvalue weighted by Gasteiger charge is 2.34. The number of nitrogens with two attached hydrogens (primary N) is 2. The fourth-order valence-corrected chi connectivity index (χ4v) is 2.40. The molecule has 122 valence electrons. The summed E-state index contributed by atoms with van der Waals surface area (Å²) in [5.41, 5.74) is 13.3. The van der Waals surface area contributed by atoms with Gasteiger partial charge in [-0.15, -0.1) is 0 Å². The van der Waals surface area contributed by atoms with Gasteiger partial charge in [0.05, 0.1) is 6.10 Å². The molecular formula is C18H22N2O3. The van der Waals surface area contributed by atoms with Crippen LogP contribution in [0, 0.1) is 5.92 Å². The second-order valence-electron chi connectivity index (χ2n) is 5.36. The van der Waals surface area contributed by atoms with Crippen LogP contribution in [0.5, 0.6) is 0 Å². The smallest absolute Gasteiger partial charge is 0.313 e. The Bertz CT molecular complexity index is 604. The van der Waals surface area contributed by atoms with Crippen molar-refractivity contribution in [2.24, 2.45) is 17.4 Å². The zero-order valence-corrected chi connectivity index (χ0v) is 12.8. The van der Waals surface area contributed by atoms with Crippen LogP contribution in [0.15, 0.2) is 60.7 Å². The Morgan fingerprint density at radius 3 is 2.17 bits per heavy atom. The van der Waals surface area contributed by atoms with E-state index in [-0.39, 0.29) is 13.2 Å². The molecule has 3 atom stereocenters. The van der Waals surface area contributed by atoms with Crippen molar-refractivity contribution in [2.45, 2.75) is 18.8 Å². The van der Waals surface area contributed by atoms with Gasteiger partial charge in [0.25, 0.3) is 0 Å². The standard InChI is InChI=1S/C18H22N2O3/c19-11-15(21)16(17(20)14-9-5-2-6-10-14)18(22)23-12-13-7-3-1-4-8-13/h1-10,15-17,21H,11-12,19-20H2. The number of aliphatic hydroxyl groups is 1. The van der Waals surface area contributed by atoms with Crippen molar-refractivity contribution >= 4 is 5.97 Å². The van der Waals surface area contributed by atoms with E-state index >= 15 is 0 Å². The third kappa shape index (κ3) is 4.63. The van der Waals surface area contributed by atoms with Gasteiger partial charge in [-0.3, -0.25) is 4.79 Å². The molecule has 0 aliphatic carbocycles. The first-order chi connectivity index (χ1) is 11.1. The average Bonchev–Trinajstić information content (AvgIpc) is 2.61. The minimum atomic E-state index is -1.06. The van der Waals surface area contributed by atoms with E-state index in [0.717, 1.165) is 11.1 Å². The second-order valence-corrected chi connectivity index (χ2v) is 5.36. The van der Waals surface area contributed by atoms with Gasteiger partial charge >= 0.3 is 5.97 Å². The van der Waals surface area contributed by atoms with Crippen LogP contribution in [0.2, 0.25) is 0 Å². The number of rotatable bonds is 7. The molecule has 23 heavy (non-hydrogen) atoms. The molecule has 0 fully saturated rings. The molecule has 0 amide bonds. The fraction of sp³-hybridized carbons (Fsp3) is 0.278. The molecule has 0 heterocycles. The van der Waals surface area contributed by atoms with Crippen LogP contribution in [-0.4, -0.2) is 23.7 Å². The van der Waals surface area contributed by atoms with Crippen LogP contribution in [0.3, 0.4) is 0 Å². The summed E-state index contributed by atoms with van der Waals surface area (Å²) in [6.07, 6.45) is -1.06. The van der Waals surface area contributed by atoms with Crippen molar-refractivity contribution in [3.63, 3.8) is 0 Å². The third-order valence-corrected chi connectivity index (χ3v) is 3.72. The molecule has 2 aromatic rings. The minimum Gasteiger partial charge on any atom is -0.460 e. The Labute approximate surface area is 135 Å². The van der Waals surface area contributed by atoms with Gasteiger partial charge in [0.15, 0.2) is 0 Å². The first-order valence-electron chi connectivity index (χ1n) is 7.52. The zero-order chi connectivity index (χ0) is 16.7. The molecule has 5 N–H and O–H groups in total. The van der Waals surface area contributed by atoms with Gasteiger partial charge in [-0.05, 0) is 11.1 Å². The molecule has 3 unspecified atom stereocenters. The first kappa shape index (κ1) is 17.1. The molecule has 0 saturated carbocycles. The topological polar surface area (TPSA) is 98.6 Å². The lowest BCUT2D eigenvalue weighted by Crippen LogP contribution is -2.42. The van der Waals surface area contributed by atoms with Crippen LogP contribution in [0.4, 0.5) is 0 Å². The molecule has 0 aliphatic rings.